The van der Waals surface area contributed by atoms with Crippen molar-refractivity contribution in [2.45, 2.75) is 19.3 Å². The number of ether oxygens (including phenoxy) is 2. The van der Waals surface area contributed by atoms with Crippen molar-refractivity contribution in [1.29, 1.82) is 0 Å². The van der Waals surface area contributed by atoms with Crippen LogP contribution < -0.4 is 10.1 Å². The molecule has 0 saturated carbocycles. The van der Waals surface area contributed by atoms with Crippen LogP contribution in [0.3, 0.4) is 0 Å². The third-order valence-corrected chi connectivity index (χ3v) is 7.62. The third kappa shape index (κ3) is 4.54. The van der Waals surface area contributed by atoms with Gasteiger partial charge in [0.25, 0.3) is 0 Å². The molecule has 4 aromatic rings. The first-order valence-corrected chi connectivity index (χ1v) is 12.4. The van der Waals surface area contributed by atoms with Crippen LogP contribution in [0.25, 0.3) is 21.1 Å². The largest absolute Gasteiger partial charge is 0.494 e. The van der Waals surface area contributed by atoms with Crippen LogP contribution in [0.1, 0.15) is 16.9 Å². The van der Waals surface area contributed by atoms with Crippen molar-refractivity contribution < 1.29 is 19.4 Å². The van der Waals surface area contributed by atoms with Crippen molar-refractivity contribution in [1.82, 2.24) is 25.1 Å². The molecule has 1 amide bonds. The second kappa shape index (κ2) is 10.1. The predicted octanol–water partition coefficient (Wildman–Crippen LogP) is 2.89. The van der Waals surface area contributed by atoms with E-state index in [2.05, 4.69) is 25.5 Å². The number of nitrogens with zero attached hydrogens (tertiary/aromatic N) is 4. The summed E-state index contributed by atoms with van der Waals surface area (Å²) in [7, 11) is 3.25. The van der Waals surface area contributed by atoms with Gasteiger partial charge in [0.15, 0.2) is 0 Å². The number of aliphatic hydroxyl groups excluding tert-OH is 1. The molecule has 5 rings (SSSR count). The molecule has 0 saturated heterocycles. The number of aryl methyl sites for hydroxylation is 1. The van der Waals surface area contributed by atoms with Gasteiger partial charge >= 0.3 is 0 Å². The maximum atomic E-state index is 13.2. The maximum Gasteiger partial charge on any atom is 0.226 e. The van der Waals surface area contributed by atoms with Gasteiger partial charge in [-0.1, -0.05) is 0 Å². The first-order valence-electron chi connectivity index (χ1n) is 11.5. The second-order valence-electron chi connectivity index (χ2n) is 8.52. The van der Waals surface area contributed by atoms with Crippen LogP contribution in [-0.2, 0) is 22.4 Å². The van der Waals surface area contributed by atoms with Crippen LogP contribution >= 0.6 is 11.3 Å². The Morgan fingerprint density at radius 3 is 3.00 bits per heavy atom. The number of carbonyl (C=O) groups is 1. The summed E-state index contributed by atoms with van der Waals surface area (Å²) >= 11 is 1.62. The molecular weight excluding hydrogens is 468 g/mol. The zero-order valence-corrected chi connectivity index (χ0v) is 20.5. The minimum atomic E-state index is -0.119. The number of aromatic amines is 1. The number of aliphatic hydroxyl groups is 1. The second-order valence-corrected chi connectivity index (χ2v) is 9.61. The van der Waals surface area contributed by atoms with Gasteiger partial charge in [0.2, 0.25) is 5.91 Å². The Morgan fingerprint density at radius 2 is 2.20 bits per heavy atom. The molecule has 184 valence electrons. The highest BCUT2D eigenvalue weighted by atomic mass is 32.1. The van der Waals surface area contributed by atoms with E-state index in [1.54, 1.807) is 43.0 Å². The van der Waals surface area contributed by atoms with Crippen LogP contribution in [0.4, 0.5) is 11.5 Å². The molecular formula is C24H28N6O4S. The molecule has 0 bridgehead atoms. The van der Waals surface area contributed by atoms with Gasteiger partial charge in [0, 0.05) is 42.4 Å². The Balaban J connectivity index is 1.44. The van der Waals surface area contributed by atoms with Crippen molar-refractivity contribution in [3.63, 3.8) is 0 Å². The monoisotopic (exact) mass is 496 g/mol. The van der Waals surface area contributed by atoms with Gasteiger partial charge < -0.3 is 24.8 Å². The topological polar surface area (TPSA) is 125 Å². The highest BCUT2D eigenvalue weighted by Gasteiger charge is 2.31. The SMILES string of the molecule is COCCN(CCO)C(=O)[C@@H]1CCc2c(sc3ncnc(Nc4cc5cn[nH]c5cc4OC)c23)C1. The number of fused-ring (bicyclic) bond motifs is 4. The number of thiophene rings is 1. The third-order valence-electron chi connectivity index (χ3n) is 6.45. The maximum absolute atomic E-state index is 13.2. The number of anilines is 2. The summed E-state index contributed by atoms with van der Waals surface area (Å²) in [5, 5.41) is 21.9. The predicted molar refractivity (Wildman–Crippen MR) is 134 cm³/mol. The average molecular weight is 497 g/mol. The van der Waals surface area contributed by atoms with Gasteiger partial charge in [-0.2, -0.15) is 5.10 Å². The molecule has 1 aromatic carbocycles. The first kappa shape index (κ1) is 23.5. The van der Waals surface area contributed by atoms with Crippen molar-refractivity contribution in [3.8, 4) is 5.75 Å². The minimum Gasteiger partial charge on any atom is -0.494 e. The summed E-state index contributed by atoms with van der Waals surface area (Å²) in [4.78, 5) is 26.0. The molecule has 1 atom stereocenters. The van der Waals surface area contributed by atoms with E-state index in [9.17, 15) is 9.90 Å². The zero-order valence-electron chi connectivity index (χ0n) is 19.7. The minimum absolute atomic E-state index is 0.0605. The van der Waals surface area contributed by atoms with Gasteiger partial charge in [-0.05, 0) is 30.9 Å². The Morgan fingerprint density at radius 1 is 1.31 bits per heavy atom. The molecule has 0 radical (unpaired) electrons. The fraction of sp³-hybridized carbons (Fsp3) is 0.417. The van der Waals surface area contributed by atoms with Gasteiger partial charge in [-0.3, -0.25) is 9.89 Å². The van der Waals surface area contributed by atoms with Crippen LogP contribution in [0.2, 0.25) is 0 Å². The van der Waals surface area contributed by atoms with E-state index in [-0.39, 0.29) is 18.4 Å². The number of aromatic nitrogens is 4. The standard InChI is InChI=1S/C24H28N6O4S/c1-33-8-6-30(5-7-31)24(32)14-3-4-16-20(10-14)35-23-21(16)22(25-13-26-23)28-18-9-15-12-27-29-17(15)11-19(18)34-2/h9,11-14,31H,3-8,10H2,1-2H3,(H,27,29)(H,25,26,28)/t14-/m1/s1. The number of benzene rings is 1. The van der Waals surface area contributed by atoms with Crippen LogP contribution in [0, 0.1) is 5.92 Å². The van der Waals surface area contributed by atoms with E-state index >= 15 is 0 Å². The lowest BCUT2D eigenvalue weighted by atomic mass is 9.87. The summed E-state index contributed by atoms with van der Waals surface area (Å²) in [6, 6.07) is 3.89. The van der Waals surface area contributed by atoms with Crippen molar-refractivity contribution in [2.75, 3.05) is 45.8 Å². The molecule has 0 fully saturated rings. The van der Waals surface area contributed by atoms with Gasteiger partial charge in [0.05, 0.1) is 43.1 Å². The van der Waals surface area contributed by atoms with Crippen LogP contribution in [0.5, 0.6) is 5.75 Å². The Bertz CT molecular complexity index is 1350. The summed E-state index contributed by atoms with van der Waals surface area (Å²) in [5.74, 6) is 1.36. The van der Waals surface area contributed by atoms with Crippen molar-refractivity contribution >= 4 is 49.9 Å². The fourth-order valence-corrected chi connectivity index (χ4v) is 5.96. The van der Waals surface area contributed by atoms with Crippen LogP contribution in [-0.4, -0.2) is 76.6 Å². The Hall–Kier alpha value is -3.28. The number of hydrogen-bond donors (Lipinski definition) is 3. The van der Waals surface area contributed by atoms with Crippen molar-refractivity contribution in [3.05, 3.63) is 35.1 Å². The van der Waals surface area contributed by atoms with E-state index < -0.39 is 0 Å². The van der Waals surface area contributed by atoms with Gasteiger partial charge in [-0.15, -0.1) is 11.3 Å². The number of hydrogen-bond acceptors (Lipinski definition) is 9. The number of nitrogens with one attached hydrogen (secondary N) is 2. The quantitative estimate of drug-likeness (QED) is 0.323. The van der Waals surface area contributed by atoms with E-state index in [1.807, 2.05) is 12.1 Å². The van der Waals surface area contributed by atoms with E-state index in [4.69, 9.17) is 9.47 Å². The normalized spacial score (nSPS) is 15.3. The zero-order chi connectivity index (χ0) is 24.4. The fourth-order valence-electron chi connectivity index (χ4n) is 4.69. The number of H-pyrrole nitrogens is 1. The van der Waals surface area contributed by atoms with Gasteiger partial charge in [-0.25, -0.2) is 9.97 Å². The lowest BCUT2D eigenvalue weighted by Gasteiger charge is -2.29. The molecule has 11 heteroatoms. The molecule has 0 spiro atoms. The highest BCUT2D eigenvalue weighted by molar-refractivity contribution is 7.19. The molecule has 0 unspecified atom stereocenters. The van der Waals surface area contributed by atoms with Crippen LogP contribution in [0.15, 0.2) is 24.7 Å². The molecule has 10 nitrogen and oxygen atoms in total. The Labute approximate surface area is 206 Å². The van der Waals surface area contributed by atoms with Crippen molar-refractivity contribution in [2.24, 2.45) is 5.92 Å². The van der Waals surface area contributed by atoms with E-state index in [0.717, 1.165) is 45.5 Å². The number of amides is 1. The highest BCUT2D eigenvalue weighted by Crippen LogP contribution is 2.42. The molecule has 1 aliphatic rings. The first-order chi connectivity index (χ1) is 17.1. The van der Waals surface area contributed by atoms with Gasteiger partial charge in [0.1, 0.15) is 22.7 Å². The lowest BCUT2D eigenvalue weighted by molar-refractivity contribution is -0.137. The Kier molecular flexibility index (Phi) is 6.80. The number of rotatable bonds is 9. The summed E-state index contributed by atoms with van der Waals surface area (Å²) in [6.45, 7) is 1.19. The molecule has 3 heterocycles. The molecule has 3 N–H and O–H groups in total. The molecule has 3 aromatic heterocycles. The molecule has 0 aliphatic heterocycles. The van der Waals surface area contributed by atoms with E-state index in [1.165, 1.54) is 10.4 Å². The number of carbonyl (C=O) groups excluding carboxylic acids is 1. The summed E-state index contributed by atoms with van der Waals surface area (Å²) in [5.41, 5.74) is 2.89. The molecule has 35 heavy (non-hydrogen) atoms. The smallest absolute Gasteiger partial charge is 0.226 e. The average Bonchev–Trinajstić information content (AvgIpc) is 3.49. The van der Waals surface area contributed by atoms with E-state index in [0.29, 0.717) is 31.9 Å². The number of methoxy groups -OCH3 is 2. The lowest BCUT2D eigenvalue weighted by Crippen LogP contribution is -2.41. The summed E-state index contributed by atoms with van der Waals surface area (Å²) < 4.78 is 10.7. The summed E-state index contributed by atoms with van der Waals surface area (Å²) in [6.07, 6.45) is 5.50. The molecule has 1 aliphatic carbocycles.